The van der Waals surface area contributed by atoms with Gasteiger partial charge in [-0.15, -0.1) is 0 Å². The molecule has 1 saturated carbocycles. The standard InChI is InChI=1S/C20H27NO3/c1-13-2-5-15-9-18-17(12-22)20(10-19(23)24,16(15)8-13)6-7-21(18)11-14-3-4-14/h2,5,8,14,17-18,22H,3-4,6-7,9-12H2,1H3,(H,23,24)/t17-,18+,20+/m0/s1. The number of nitrogens with zero attached hydrogens (tertiary/aromatic N) is 1. The number of aliphatic carboxylic acids is 1. The number of hydrogen-bond donors (Lipinski definition) is 2. The molecule has 1 aromatic rings. The van der Waals surface area contributed by atoms with Crippen molar-refractivity contribution in [2.75, 3.05) is 19.7 Å². The Morgan fingerprint density at radius 2 is 2.17 bits per heavy atom. The summed E-state index contributed by atoms with van der Waals surface area (Å²) in [6.45, 7) is 4.22. The predicted molar refractivity (Wildman–Crippen MR) is 92.1 cm³/mol. The van der Waals surface area contributed by atoms with Crippen molar-refractivity contribution < 1.29 is 15.0 Å². The quantitative estimate of drug-likeness (QED) is 0.870. The number of rotatable bonds is 5. The molecule has 4 rings (SSSR count). The Hall–Kier alpha value is -1.39. The van der Waals surface area contributed by atoms with Crippen LogP contribution in [-0.2, 0) is 16.6 Å². The minimum absolute atomic E-state index is 0.0235. The minimum Gasteiger partial charge on any atom is -0.481 e. The van der Waals surface area contributed by atoms with E-state index in [9.17, 15) is 15.0 Å². The van der Waals surface area contributed by atoms with Gasteiger partial charge in [0.15, 0.2) is 0 Å². The van der Waals surface area contributed by atoms with Gasteiger partial charge in [0, 0.05) is 30.5 Å². The monoisotopic (exact) mass is 329 g/mol. The van der Waals surface area contributed by atoms with E-state index in [1.54, 1.807) is 0 Å². The molecule has 1 heterocycles. The SMILES string of the molecule is Cc1ccc2c(c1)[C@]1(CC(=O)O)CCN(CC3CC3)[C@H](C2)[C@@H]1CO. The van der Waals surface area contributed by atoms with Crippen LogP contribution in [0.5, 0.6) is 0 Å². The minimum atomic E-state index is -0.753. The molecule has 0 unspecified atom stereocenters. The number of benzene rings is 1. The van der Waals surface area contributed by atoms with Gasteiger partial charge in [-0.3, -0.25) is 9.69 Å². The van der Waals surface area contributed by atoms with Gasteiger partial charge < -0.3 is 10.2 Å². The van der Waals surface area contributed by atoms with Crippen LogP contribution in [0.3, 0.4) is 0 Å². The lowest BCUT2D eigenvalue weighted by atomic mass is 9.56. The predicted octanol–water partition coefficient (Wildman–Crippen LogP) is 2.36. The molecule has 0 spiro atoms. The first-order valence-electron chi connectivity index (χ1n) is 9.20. The third-order valence-corrected chi connectivity index (χ3v) is 6.57. The molecule has 1 saturated heterocycles. The van der Waals surface area contributed by atoms with Crippen LogP contribution < -0.4 is 0 Å². The Morgan fingerprint density at radius 1 is 1.38 bits per heavy atom. The van der Waals surface area contributed by atoms with E-state index >= 15 is 0 Å². The summed E-state index contributed by atoms with van der Waals surface area (Å²) in [6.07, 6.45) is 4.55. The summed E-state index contributed by atoms with van der Waals surface area (Å²) in [5.74, 6) is 0.0864. The Bertz CT molecular complexity index is 654. The maximum Gasteiger partial charge on any atom is 0.304 e. The van der Waals surface area contributed by atoms with Gasteiger partial charge in [-0.25, -0.2) is 0 Å². The van der Waals surface area contributed by atoms with Crippen molar-refractivity contribution in [3.05, 3.63) is 34.9 Å². The number of aliphatic hydroxyl groups is 1. The van der Waals surface area contributed by atoms with Gasteiger partial charge in [-0.2, -0.15) is 0 Å². The molecule has 1 aromatic carbocycles. The van der Waals surface area contributed by atoms with Crippen molar-refractivity contribution in [1.82, 2.24) is 4.90 Å². The Kier molecular flexibility index (Phi) is 3.92. The summed E-state index contributed by atoms with van der Waals surface area (Å²) in [6, 6.07) is 6.77. The van der Waals surface area contributed by atoms with E-state index in [2.05, 4.69) is 30.0 Å². The second-order valence-electron chi connectivity index (χ2n) is 8.14. The molecule has 4 heteroatoms. The van der Waals surface area contributed by atoms with Gasteiger partial charge in [0.1, 0.15) is 0 Å². The maximum atomic E-state index is 11.7. The first kappa shape index (κ1) is 16.1. The van der Waals surface area contributed by atoms with Crippen molar-refractivity contribution in [3.8, 4) is 0 Å². The van der Waals surface area contributed by atoms with Gasteiger partial charge in [0.25, 0.3) is 0 Å². The molecule has 2 fully saturated rings. The van der Waals surface area contributed by atoms with E-state index in [0.29, 0.717) is 0 Å². The molecule has 2 aliphatic carbocycles. The van der Waals surface area contributed by atoms with E-state index in [4.69, 9.17) is 0 Å². The second-order valence-corrected chi connectivity index (χ2v) is 8.14. The van der Waals surface area contributed by atoms with E-state index in [-0.39, 0.29) is 25.0 Å². The highest BCUT2D eigenvalue weighted by Crippen LogP contribution is 2.51. The second kappa shape index (κ2) is 5.85. The molecule has 0 aromatic heterocycles. The molecule has 0 amide bonds. The van der Waals surface area contributed by atoms with E-state index < -0.39 is 11.4 Å². The maximum absolute atomic E-state index is 11.7. The van der Waals surface area contributed by atoms with Crippen LogP contribution in [-0.4, -0.2) is 46.8 Å². The average molecular weight is 329 g/mol. The van der Waals surface area contributed by atoms with Crippen LogP contribution in [0.15, 0.2) is 18.2 Å². The number of hydrogen-bond acceptors (Lipinski definition) is 3. The molecule has 3 aliphatic rings. The first-order chi connectivity index (χ1) is 11.5. The smallest absolute Gasteiger partial charge is 0.304 e. The van der Waals surface area contributed by atoms with Crippen molar-refractivity contribution in [1.29, 1.82) is 0 Å². The highest BCUT2D eigenvalue weighted by atomic mass is 16.4. The van der Waals surface area contributed by atoms with E-state index in [1.165, 1.54) is 29.5 Å². The zero-order valence-electron chi connectivity index (χ0n) is 14.4. The molecular weight excluding hydrogens is 302 g/mol. The number of carbonyl (C=O) groups is 1. The summed E-state index contributed by atoms with van der Waals surface area (Å²) in [7, 11) is 0. The van der Waals surface area contributed by atoms with Crippen molar-refractivity contribution >= 4 is 5.97 Å². The summed E-state index contributed by atoms with van der Waals surface area (Å²) in [5.41, 5.74) is 3.24. The number of aliphatic hydroxyl groups excluding tert-OH is 1. The Balaban J connectivity index is 1.78. The Labute approximate surface area is 143 Å². The van der Waals surface area contributed by atoms with Gasteiger partial charge in [-0.1, -0.05) is 23.8 Å². The normalized spacial score (nSPS) is 32.4. The van der Waals surface area contributed by atoms with Crippen LogP contribution in [0.1, 0.15) is 42.4 Å². The first-order valence-corrected chi connectivity index (χ1v) is 9.20. The fourth-order valence-corrected chi connectivity index (χ4v) is 5.22. The number of carboxylic acid groups (broad SMARTS) is 1. The van der Waals surface area contributed by atoms with E-state index in [0.717, 1.165) is 31.8 Å². The van der Waals surface area contributed by atoms with Crippen LogP contribution in [0, 0.1) is 18.8 Å². The van der Waals surface area contributed by atoms with Crippen LogP contribution in [0.4, 0.5) is 0 Å². The van der Waals surface area contributed by atoms with Crippen molar-refractivity contribution in [2.24, 2.45) is 11.8 Å². The lowest BCUT2D eigenvalue weighted by Gasteiger charge is -2.56. The topological polar surface area (TPSA) is 60.8 Å². The van der Waals surface area contributed by atoms with Crippen LogP contribution in [0.2, 0.25) is 0 Å². The third kappa shape index (κ3) is 2.56. The Morgan fingerprint density at radius 3 is 2.83 bits per heavy atom. The molecule has 3 atom stereocenters. The summed E-state index contributed by atoms with van der Waals surface area (Å²) in [4.78, 5) is 14.2. The fraction of sp³-hybridized carbons (Fsp3) is 0.650. The third-order valence-electron chi connectivity index (χ3n) is 6.57. The van der Waals surface area contributed by atoms with Crippen molar-refractivity contribution in [3.63, 3.8) is 0 Å². The zero-order chi connectivity index (χ0) is 16.9. The zero-order valence-corrected chi connectivity index (χ0v) is 14.4. The number of carboxylic acids is 1. The van der Waals surface area contributed by atoms with Gasteiger partial charge in [0.05, 0.1) is 6.42 Å². The molecule has 2 N–H and O–H groups in total. The van der Waals surface area contributed by atoms with Crippen LogP contribution >= 0.6 is 0 Å². The fourth-order valence-electron chi connectivity index (χ4n) is 5.22. The molecular formula is C20H27NO3. The number of piperidine rings is 1. The summed E-state index contributed by atoms with van der Waals surface area (Å²) < 4.78 is 0. The van der Waals surface area contributed by atoms with Gasteiger partial charge >= 0.3 is 5.97 Å². The molecule has 130 valence electrons. The largest absolute Gasteiger partial charge is 0.481 e. The summed E-state index contributed by atoms with van der Waals surface area (Å²) in [5, 5.41) is 19.8. The lowest BCUT2D eigenvalue weighted by molar-refractivity contribution is -0.141. The molecule has 24 heavy (non-hydrogen) atoms. The number of likely N-dealkylation sites (tertiary alicyclic amines) is 1. The highest BCUT2D eigenvalue weighted by molar-refractivity contribution is 5.70. The number of aryl methyl sites for hydroxylation is 1. The molecule has 0 radical (unpaired) electrons. The van der Waals surface area contributed by atoms with E-state index in [1.807, 2.05) is 0 Å². The summed E-state index contributed by atoms with van der Waals surface area (Å²) >= 11 is 0. The molecule has 1 aliphatic heterocycles. The molecule has 2 bridgehead atoms. The highest BCUT2D eigenvalue weighted by Gasteiger charge is 2.54. The average Bonchev–Trinajstić information content (AvgIpc) is 3.34. The van der Waals surface area contributed by atoms with Gasteiger partial charge in [-0.05, 0) is 56.2 Å². The molecule has 4 nitrogen and oxygen atoms in total. The lowest BCUT2D eigenvalue weighted by Crippen LogP contribution is -2.61. The van der Waals surface area contributed by atoms with Crippen LogP contribution in [0.25, 0.3) is 0 Å². The number of fused-ring (bicyclic) bond motifs is 4. The van der Waals surface area contributed by atoms with Crippen molar-refractivity contribution in [2.45, 2.75) is 50.5 Å². The van der Waals surface area contributed by atoms with Gasteiger partial charge in [0.2, 0.25) is 0 Å².